The molecule has 0 bridgehead atoms. The topological polar surface area (TPSA) is 73.3 Å². The number of hydrogen-bond donors (Lipinski definition) is 1. The second-order valence-corrected chi connectivity index (χ2v) is 7.84. The Bertz CT molecular complexity index is 621. The van der Waals surface area contributed by atoms with E-state index in [9.17, 15) is 4.79 Å². The molecule has 1 N–H and O–H groups in total. The van der Waals surface area contributed by atoms with Gasteiger partial charge in [-0.2, -0.15) is 0 Å². The number of piperazine rings is 1. The first-order valence-electron chi connectivity index (χ1n) is 9.10. The first-order valence-corrected chi connectivity index (χ1v) is 9.92. The molecule has 0 atom stereocenters. The lowest BCUT2D eigenvalue weighted by Gasteiger charge is -2.37. The van der Waals surface area contributed by atoms with Crippen molar-refractivity contribution in [3.05, 3.63) is 16.1 Å². The number of amides is 1. The van der Waals surface area contributed by atoms with Crippen LogP contribution < -0.4 is 5.32 Å². The molecule has 0 saturated carbocycles. The Morgan fingerprint density at radius 2 is 1.96 bits per heavy atom. The number of rotatable bonds is 4. The molecule has 0 radical (unpaired) electrons. The SMILES string of the molecule is CN=C(NCc1ncc(C)s1)N1CCN(CC(=O)N2CCOCC2)CC1. The van der Waals surface area contributed by atoms with Crippen molar-refractivity contribution in [2.75, 3.05) is 66.1 Å². The van der Waals surface area contributed by atoms with Crippen molar-refractivity contribution in [1.82, 2.24) is 25.0 Å². The van der Waals surface area contributed by atoms with Gasteiger partial charge in [0.1, 0.15) is 5.01 Å². The number of ether oxygens (including phenoxy) is 1. The molecule has 8 nitrogen and oxygen atoms in total. The van der Waals surface area contributed by atoms with Gasteiger partial charge in [0.25, 0.3) is 0 Å². The van der Waals surface area contributed by atoms with Gasteiger partial charge in [0.2, 0.25) is 5.91 Å². The summed E-state index contributed by atoms with van der Waals surface area (Å²) in [5.41, 5.74) is 0. The van der Waals surface area contributed by atoms with E-state index in [-0.39, 0.29) is 5.91 Å². The number of aromatic nitrogens is 1. The maximum atomic E-state index is 12.4. The van der Waals surface area contributed by atoms with Crippen LogP contribution in [0.5, 0.6) is 0 Å². The van der Waals surface area contributed by atoms with Crippen molar-refractivity contribution >= 4 is 23.2 Å². The van der Waals surface area contributed by atoms with Gasteiger partial charge in [-0.3, -0.25) is 14.7 Å². The summed E-state index contributed by atoms with van der Waals surface area (Å²) in [4.78, 5) is 28.7. The number of aryl methyl sites for hydroxylation is 1. The van der Waals surface area contributed by atoms with Gasteiger partial charge in [0.05, 0.1) is 26.3 Å². The second kappa shape index (κ2) is 9.29. The summed E-state index contributed by atoms with van der Waals surface area (Å²) in [6.07, 6.45) is 1.90. The van der Waals surface area contributed by atoms with E-state index < -0.39 is 0 Å². The molecule has 26 heavy (non-hydrogen) atoms. The number of hydrogen-bond acceptors (Lipinski definition) is 6. The van der Waals surface area contributed by atoms with Crippen molar-refractivity contribution in [3.63, 3.8) is 0 Å². The van der Waals surface area contributed by atoms with Crippen molar-refractivity contribution in [2.24, 2.45) is 4.99 Å². The summed E-state index contributed by atoms with van der Waals surface area (Å²) in [5, 5.41) is 4.46. The molecule has 0 aromatic carbocycles. The molecular formula is C17H28N6O2S. The van der Waals surface area contributed by atoms with Crippen LogP contribution in [0.25, 0.3) is 0 Å². The van der Waals surface area contributed by atoms with Crippen LogP contribution in [0.3, 0.4) is 0 Å². The quantitative estimate of drug-likeness (QED) is 0.586. The number of nitrogens with zero attached hydrogens (tertiary/aromatic N) is 5. The highest BCUT2D eigenvalue weighted by molar-refractivity contribution is 7.11. The van der Waals surface area contributed by atoms with Crippen molar-refractivity contribution in [1.29, 1.82) is 0 Å². The maximum absolute atomic E-state index is 12.4. The third-order valence-electron chi connectivity index (χ3n) is 4.67. The van der Waals surface area contributed by atoms with Crippen LogP contribution in [0.15, 0.2) is 11.2 Å². The Morgan fingerprint density at radius 1 is 1.23 bits per heavy atom. The second-order valence-electron chi connectivity index (χ2n) is 6.52. The molecule has 2 fully saturated rings. The number of thiazole rings is 1. The number of nitrogens with one attached hydrogen (secondary N) is 1. The molecule has 2 saturated heterocycles. The fourth-order valence-corrected chi connectivity index (χ4v) is 3.92. The number of guanidine groups is 1. The van der Waals surface area contributed by atoms with E-state index in [2.05, 4.69) is 32.0 Å². The summed E-state index contributed by atoms with van der Waals surface area (Å²) < 4.78 is 5.31. The van der Waals surface area contributed by atoms with Crippen molar-refractivity contribution in [2.45, 2.75) is 13.5 Å². The van der Waals surface area contributed by atoms with E-state index in [1.54, 1.807) is 11.3 Å². The van der Waals surface area contributed by atoms with Crippen LogP contribution in [-0.4, -0.2) is 97.6 Å². The summed E-state index contributed by atoms with van der Waals surface area (Å²) in [7, 11) is 1.81. The van der Waals surface area contributed by atoms with Crippen molar-refractivity contribution in [3.8, 4) is 0 Å². The first kappa shape index (κ1) is 19.1. The molecule has 1 aromatic rings. The molecule has 0 aliphatic carbocycles. The largest absolute Gasteiger partial charge is 0.378 e. The Kier molecular flexibility index (Phi) is 6.81. The number of carbonyl (C=O) groups excluding carboxylic acids is 1. The fraction of sp³-hybridized carbons (Fsp3) is 0.706. The van der Waals surface area contributed by atoms with Crippen LogP contribution in [-0.2, 0) is 16.1 Å². The average molecular weight is 381 g/mol. The lowest BCUT2D eigenvalue weighted by atomic mass is 10.3. The zero-order valence-electron chi connectivity index (χ0n) is 15.6. The molecule has 9 heteroatoms. The maximum Gasteiger partial charge on any atom is 0.236 e. The molecule has 2 aliphatic rings. The molecule has 3 heterocycles. The van der Waals surface area contributed by atoms with Crippen LogP contribution in [0.2, 0.25) is 0 Å². The summed E-state index contributed by atoms with van der Waals surface area (Å²) in [6, 6.07) is 0. The third kappa shape index (κ3) is 5.15. The molecule has 144 valence electrons. The van der Waals surface area contributed by atoms with Gasteiger partial charge in [-0.15, -0.1) is 11.3 Å². The zero-order chi connectivity index (χ0) is 18.4. The van der Waals surface area contributed by atoms with Crippen LogP contribution in [0.4, 0.5) is 0 Å². The molecule has 1 aromatic heterocycles. The Morgan fingerprint density at radius 3 is 2.58 bits per heavy atom. The molecule has 3 rings (SSSR count). The minimum atomic E-state index is 0.211. The van der Waals surface area contributed by atoms with Crippen LogP contribution in [0, 0.1) is 6.92 Å². The van der Waals surface area contributed by atoms with Gasteiger partial charge in [-0.1, -0.05) is 0 Å². The number of morpholine rings is 1. The Labute approximate surface area is 158 Å². The first-order chi connectivity index (χ1) is 12.7. The fourth-order valence-electron chi connectivity index (χ4n) is 3.19. The van der Waals surface area contributed by atoms with Gasteiger partial charge in [-0.25, -0.2) is 4.98 Å². The number of carbonyl (C=O) groups is 1. The summed E-state index contributed by atoms with van der Waals surface area (Å²) >= 11 is 1.70. The number of aliphatic imine (C=N–C) groups is 1. The minimum absolute atomic E-state index is 0.211. The van der Waals surface area contributed by atoms with E-state index in [1.807, 2.05) is 18.1 Å². The van der Waals surface area contributed by atoms with Gasteiger partial charge < -0.3 is 19.9 Å². The highest BCUT2D eigenvalue weighted by Crippen LogP contribution is 2.11. The third-order valence-corrected chi connectivity index (χ3v) is 5.59. The minimum Gasteiger partial charge on any atom is -0.378 e. The standard InChI is InChI=1S/C17H28N6O2S/c1-14-11-19-15(26-14)12-20-17(18-2)23-5-3-21(4-6-23)13-16(24)22-7-9-25-10-8-22/h11H,3-10,12-13H2,1-2H3,(H,18,20). The predicted octanol–water partition coefficient (Wildman–Crippen LogP) is 0.00332. The van der Waals surface area contributed by atoms with Gasteiger partial charge in [-0.05, 0) is 6.92 Å². The normalized spacial score (nSPS) is 19.7. The summed E-state index contributed by atoms with van der Waals surface area (Å²) in [5.74, 6) is 1.11. The van der Waals surface area contributed by atoms with Crippen molar-refractivity contribution < 1.29 is 9.53 Å². The smallest absolute Gasteiger partial charge is 0.236 e. The highest BCUT2D eigenvalue weighted by atomic mass is 32.1. The van der Waals surface area contributed by atoms with Crippen LogP contribution >= 0.6 is 11.3 Å². The molecular weight excluding hydrogens is 352 g/mol. The van der Waals surface area contributed by atoms with E-state index in [0.717, 1.165) is 37.1 Å². The predicted molar refractivity (Wildman–Crippen MR) is 102 cm³/mol. The Hall–Kier alpha value is -1.71. The van der Waals surface area contributed by atoms with E-state index in [0.29, 0.717) is 39.4 Å². The average Bonchev–Trinajstić information content (AvgIpc) is 3.09. The molecule has 0 unspecified atom stereocenters. The molecule has 2 aliphatic heterocycles. The lowest BCUT2D eigenvalue weighted by Crippen LogP contribution is -2.54. The van der Waals surface area contributed by atoms with E-state index >= 15 is 0 Å². The molecule has 1 amide bonds. The van der Waals surface area contributed by atoms with Gasteiger partial charge >= 0.3 is 0 Å². The summed E-state index contributed by atoms with van der Waals surface area (Å²) in [6.45, 7) is 9.46. The van der Waals surface area contributed by atoms with Gasteiger partial charge in [0.15, 0.2) is 5.96 Å². The van der Waals surface area contributed by atoms with E-state index in [1.165, 1.54) is 4.88 Å². The van der Waals surface area contributed by atoms with E-state index in [4.69, 9.17) is 4.74 Å². The van der Waals surface area contributed by atoms with Gasteiger partial charge in [0, 0.05) is 57.4 Å². The highest BCUT2D eigenvalue weighted by Gasteiger charge is 2.24. The monoisotopic (exact) mass is 380 g/mol. The zero-order valence-corrected chi connectivity index (χ0v) is 16.4. The van der Waals surface area contributed by atoms with Crippen LogP contribution in [0.1, 0.15) is 9.88 Å². The molecule has 0 spiro atoms. The lowest BCUT2D eigenvalue weighted by molar-refractivity contribution is -0.136. The Balaban J connectivity index is 1.42.